The van der Waals surface area contributed by atoms with Crippen LogP contribution in [0.15, 0.2) is 0 Å². The minimum atomic E-state index is -0.754. The Morgan fingerprint density at radius 3 is 2.17 bits per heavy atom. The molecule has 0 saturated carbocycles. The first-order valence-corrected chi connectivity index (χ1v) is 2.76. The van der Waals surface area contributed by atoms with Gasteiger partial charge in [-0.1, -0.05) is 22.6 Å². The number of carboxylic acid groups (broad SMARTS) is 1. The number of carboxylic acids is 1. The molecule has 0 saturated heterocycles. The third-order valence-electron chi connectivity index (χ3n) is 0.340. The Morgan fingerprint density at radius 1 is 2.00 bits per heavy atom. The fourth-order valence-electron chi connectivity index (χ4n) is 0. The van der Waals surface area contributed by atoms with Gasteiger partial charge in [-0.05, 0) is 6.92 Å². The zero-order valence-corrected chi connectivity index (χ0v) is 5.47. The van der Waals surface area contributed by atoms with E-state index in [9.17, 15) is 4.79 Å². The molecule has 3 heteroatoms. The lowest BCUT2D eigenvalue weighted by Crippen LogP contribution is -2.05. The molecule has 0 aliphatic carbocycles. The van der Waals surface area contributed by atoms with Crippen molar-refractivity contribution in [3.05, 3.63) is 0 Å². The van der Waals surface area contributed by atoms with Gasteiger partial charge >= 0.3 is 5.97 Å². The molecule has 0 amide bonds. The molecule has 2 nitrogen and oxygen atoms in total. The van der Waals surface area contributed by atoms with E-state index in [0.29, 0.717) is 0 Å². The summed E-state index contributed by atoms with van der Waals surface area (Å²) in [6.45, 7) is 1.63. The summed E-state index contributed by atoms with van der Waals surface area (Å²) in [4.78, 5) is 9.69. The van der Waals surface area contributed by atoms with E-state index in [-0.39, 0.29) is 3.92 Å². The highest BCUT2D eigenvalue weighted by Gasteiger charge is 2.01. The molecule has 0 aliphatic heterocycles. The van der Waals surface area contributed by atoms with Gasteiger partial charge in [-0.2, -0.15) is 0 Å². The summed E-state index contributed by atoms with van der Waals surface area (Å²) in [5.74, 6) is -0.754. The van der Waals surface area contributed by atoms with Crippen molar-refractivity contribution >= 4 is 28.6 Å². The van der Waals surface area contributed by atoms with E-state index >= 15 is 0 Å². The van der Waals surface area contributed by atoms with Gasteiger partial charge in [-0.15, -0.1) is 0 Å². The Bertz CT molecular complexity index is 59.8. The van der Waals surface area contributed by atoms with Crippen LogP contribution in [-0.4, -0.2) is 15.0 Å². The van der Waals surface area contributed by atoms with Crippen molar-refractivity contribution in [1.29, 1.82) is 0 Å². The Labute approximate surface area is 49.7 Å². The Morgan fingerprint density at radius 2 is 2.17 bits per heavy atom. The molecule has 0 aliphatic rings. The summed E-state index contributed by atoms with van der Waals surface area (Å²) < 4.78 is -0.261. The molecule has 0 spiro atoms. The summed E-state index contributed by atoms with van der Waals surface area (Å²) in [6.07, 6.45) is 0. The lowest BCUT2D eigenvalue weighted by Gasteiger charge is -1.87. The summed E-state index contributed by atoms with van der Waals surface area (Å²) in [5, 5.41) is 7.98. The zero-order chi connectivity index (χ0) is 5.15. The highest BCUT2D eigenvalue weighted by Crippen LogP contribution is 1.95. The van der Waals surface area contributed by atoms with Crippen LogP contribution in [0.4, 0.5) is 0 Å². The largest absolute Gasteiger partial charge is 0.480 e. The van der Waals surface area contributed by atoms with Gasteiger partial charge in [0, 0.05) is 0 Å². The van der Waals surface area contributed by atoms with E-state index in [2.05, 4.69) is 0 Å². The molecule has 0 aromatic heterocycles. The van der Waals surface area contributed by atoms with Crippen molar-refractivity contribution in [2.24, 2.45) is 0 Å². The van der Waals surface area contributed by atoms with E-state index in [4.69, 9.17) is 5.11 Å². The number of carbonyl (C=O) groups is 1. The van der Waals surface area contributed by atoms with E-state index in [1.54, 1.807) is 6.92 Å². The quantitative estimate of drug-likeness (QED) is 0.504. The van der Waals surface area contributed by atoms with Gasteiger partial charge in [0.25, 0.3) is 0 Å². The van der Waals surface area contributed by atoms with Gasteiger partial charge in [-0.3, -0.25) is 4.79 Å². The van der Waals surface area contributed by atoms with Gasteiger partial charge in [0.15, 0.2) is 0 Å². The van der Waals surface area contributed by atoms with Crippen LogP contribution in [0.5, 0.6) is 0 Å². The number of hydrogen-bond donors (Lipinski definition) is 1. The predicted octanol–water partition coefficient (Wildman–Crippen LogP) is 0.895. The molecule has 1 unspecified atom stereocenters. The van der Waals surface area contributed by atoms with E-state index in [1.165, 1.54) is 0 Å². The van der Waals surface area contributed by atoms with Gasteiger partial charge < -0.3 is 5.11 Å². The van der Waals surface area contributed by atoms with Crippen LogP contribution in [0.1, 0.15) is 6.92 Å². The van der Waals surface area contributed by atoms with Crippen molar-refractivity contribution in [3.8, 4) is 0 Å². The molecule has 0 aromatic rings. The van der Waals surface area contributed by atoms with E-state index < -0.39 is 5.97 Å². The molecule has 0 aromatic carbocycles. The number of alkyl halides is 1. The Hall–Kier alpha value is 0.200. The second-order valence-corrected chi connectivity index (χ2v) is 2.82. The molecule has 36 valence electrons. The maximum absolute atomic E-state index is 9.69. The third-order valence-corrected chi connectivity index (χ3v) is 0.873. The molecule has 0 heterocycles. The van der Waals surface area contributed by atoms with Crippen LogP contribution in [0.25, 0.3) is 0 Å². The van der Waals surface area contributed by atoms with Crippen LogP contribution in [0.2, 0.25) is 0 Å². The molecular formula is C3H5IO2. The minimum Gasteiger partial charge on any atom is -0.480 e. The standard InChI is InChI=1S/C3H5IO2/c1-2(4)3(5)6/h2H,1H3,(H,5,6). The second-order valence-electron chi connectivity index (χ2n) is 0.954. The van der Waals surface area contributed by atoms with Crippen LogP contribution in [-0.2, 0) is 4.79 Å². The lowest BCUT2D eigenvalue weighted by atomic mass is 10.5. The molecule has 0 bridgehead atoms. The van der Waals surface area contributed by atoms with Crippen molar-refractivity contribution in [1.82, 2.24) is 0 Å². The number of rotatable bonds is 1. The van der Waals surface area contributed by atoms with Crippen LogP contribution < -0.4 is 0 Å². The van der Waals surface area contributed by atoms with Gasteiger partial charge in [-0.25, -0.2) is 0 Å². The fraction of sp³-hybridized carbons (Fsp3) is 0.667. The average Bonchev–Trinajstić information content (AvgIpc) is 1.36. The first kappa shape index (κ1) is 6.20. The first-order valence-electron chi connectivity index (χ1n) is 1.51. The molecule has 1 atom stereocenters. The summed E-state index contributed by atoms with van der Waals surface area (Å²) in [6, 6.07) is 0. The topological polar surface area (TPSA) is 37.3 Å². The lowest BCUT2D eigenvalue weighted by molar-refractivity contribution is -0.135. The molecule has 1 N–H and O–H groups in total. The molecule has 6 heavy (non-hydrogen) atoms. The van der Waals surface area contributed by atoms with E-state index in [0.717, 1.165) is 0 Å². The smallest absolute Gasteiger partial charge is 0.316 e. The Balaban J connectivity index is 3.26. The fourth-order valence-corrected chi connectivity index (χ4v) is 0. The number of hydrogen-bond acceptors (Lipinski definition) is 1. The van der Waals surface area contributed by atoms with Gasteiger partial charge in [0.1, 0.15) is 3.92 Å². The van der Waals surface area contributed by atoms with Gasteiger partial charge in [0.05, 0.1) is 0 Å². The van der Waals surface area contributed by atoms with Crippen molar-refractivity contribution in [2.75, 3.05) is 0 Å². The van der Waals surface area contributed by atoms with Crippen molar-refractivity contribution in [2.45, 2.75) is 10.8 Å². The normalized spacial score (nSPS) is 13.7. The van der Waals surface area contributed by atoms with Crippen molar-refractivity contribution < 1.29 is 9.90 Å². The third kappa shape index (κ3) is 2.44. The summed E-state index contributed by atoms with van der Waals surface area (Å²) in [5.41, 5.74) is 0. The zero-order valence-electron chi connectivity index (χ0n) is 3.31. The number of aliphatic carboxylic acids is 1. The maximum atomic E-state index is 9.69. The highest BCUT2D eigenvalue weighted by atomic mass is 127. The van der Waals surface area contributed by atoms with Crippen LogP contribution in [0, 0.1) is 0 Å². The van der Waals surface area contributed by atoms with Crippen LogP contribution in [0.3, 0.4) is 0 Å². The molecular weight excluding hydrogens is 195 g/mol. The molecule has 0 radical (unpaired) electrons. The highest BCUT2D eigenvalue weighted by molar-refractivity contribution is 14.1. The number of halogens is 1. The summed E-state index contributed by atoms with van der Waals surface area (Å²) in [7, 11) is 0. The predicted molar refractivity (Wildman–Crippen MR) is 31.1 cm³/mol. The van der Waals surface area contributed by atoms with E-state index in [1.807, 2.05) is 22.6 Å². The minimum absolute atomic E-state index is 0.261. The van der Waals surface area contributed by atoms with Gasteiger partial charge in [0.2, 0.25) is 0 Å². The second kappa shape index (κ2) is 2.39. The molecule has 0 rings (SSSR count). The average molecular weight is 200 g/mol. The monoisotopic (exact) mass is 200 g/mol. The van der Waals surface area contributed by atoms with Crippen LogP contribution >= 0.6 is 22.6 Å². The maximum Gasteiger partial charge on any atom is 0.316 e. The SMILES string of the molecule is CC(I)C(=O)O. The summed E-state index contributed by atoms with van der Waals surface area (Å²) >= 11 is 1.83. The molecule has 0 fully saturated rings. The van der Waals surface area contributed by atoms with Crippen molar-refractivity contribution in [3.63, 3.8) is 0 Å². The first-order chi connectivity index (χ1) is 2.64. The Kier molecular flexibility index (Phi) is 2.47.